The Bertz CT molecular complexity index is 630. The van der Waals surface area contributed by atoms with Crippen molar-refractivity contribution in [1.29, 1.82) is 0 Å². The number of fused-ring (bicyclic) bond motifs is 2. The van der Waals surface area contributed by atoms with Crippen LogP contribution in [-0.4, -0.2) is 11.6 Å². The van der Waals surface area contributed by atoms with E-state index in [0.717, 1.165) is 43.2 Å². The van der Waals surface area contributed by atoms with E-state index in [2.05, 4.69) is 37.3 Å². The molecule has 0 bridgehead atoms. The molecule has 0 unspecified atom stereocenters. The van der Waals surface area contributed by atoms with Crippen LogP contribution in [-0.2, 0) is 17.8 Å². The van der Waals surface area contributed by atoms with Gasteiger partial charge in [-0.05, 0) is 28.1 Å². The molecular weight excluding hydrogens is 362 g/mol. The molecule has 1 aliphatic rings. The van der Waals surface area contributed by atoms with Gasteiger partial charge in [0.1, 0.15) is 0 Å². The fraction of sp³-hybridized carbons (Fsp3) is 0.250. The number of benzene rings is 1. The van der Waals surface area contributed by atoms with E-state index in [1.165, 1.54) is 0 Å². The van der Waals surface area contributed by atoms with Gasteiger partial charge in [0.05, 0.1) is 30.1 Å². The molecule has 0 fully saturated rings. The number of nitrogen functional groups attached to an aromatic ring is 1. The van der Waals surface area contributed by atoms with Gasteiger partial charge in [0.25, 0.3) is 0 Å². The van der Waals surface area contributed by atoms with Crippen LogP contribution in [0.2, 0.25) is 0 Å². The van der Waals surface area contributed by atoms with Crippen molar-refractivity contribution in [3.63, 3.8) is 0 Å². The number of anilines is 1. The molecule has 1 aromatic carbocycles. The molecule has 0 saturated heterocycles. The SMILES string of the molecule is NNc1c2c(nc3c(Br)ccc(Br)c13)CCOC2. The lowest BCUT2D eigenvalue weighted by atomic mass is 10.0. The molecule has 0 radical (unpaired) electrons. The second-order valence-corrected chi connectivity index (χ2v) is 5.82. The lowest BCUT2D eigenvalue weighted by Gasteiger charge is -2.21. The van der Waals surface area contributed by atoms with Crippen molar-refractivity contribution in [1.82, 2.24) is 4.98 Å². The van der Waals surface area contributed by atoms with Gasteiger partial charge in [-0.2, -0.15) is 0 Å². The summed E-state index contributed by atoms with van der Waals surface area (Å²) < 4.78 is 7.43. The number of rotatable bonds is 1. The Labute approximate surface area is 121 Å². The van der Waals surface area contributed by atoms with Gasteiger partial charge < -0.3 is 10.2 Å². The van der Waals surface area contributed by atoms with Gasteiger partial charge in [0, 0.05) is 26.3 Å². The molecule has 3 rings (SSSR count). The monoisotopic (exact) mass is 371 g/mol. The van der Waals surface area contributed by atoms with E-state index >= 15 is 0 Å². The highest BCUT2D eigenvalue weighted by Crippen LogP contribution is 2.38. The average molecular weight is 373 g/mol. The molecule has 2 heterocycles. The van der Waals surface area contributed by atoms with Crippen molar-refractivity contribution < 1.29 is 4.74 Å². The fourth-order valence-corrected chi connectivity index (χ4v) is 3.19. The van der Waals surface area contributed by atoms with Gasteiger partial charge >= 0.3 is 0 Å². The Kier molecular flexibility index (Phi) is 3.27. The summed E-state index contributed by atoms with van der Waals surface area (Å²) in [5.74, 6) is 5.69. The summed E-state index contributed by atoms with van der Waals surface area (Å²) in [6, 6.07) is 3.95. The number of nitrogens with zero attached hydrogens (tertiary/aromatic N) is 1. The number of hydrogen-bond acceptors (Lipinski definition) is 4. The maximum absolute atomic E-state index is 5.69. The highest BCUT2D eigenvalue weighted by Gasteiger charge is 2.20. The van der Waals surface area contributed by atoms with Crippen LogP contribution in [0.5, 0.6) is 0 Å². The van der Waals surface area contributed by atoms with Gasteiger partial charge in [0.2, 0.25) is 0 Å². The minimum absolute atomic E-state index is 0.552. The minimum atomic E-state index is 0.552. The number of hydrogen-bond donors (Lipinski definition) is 2. The van der Waals surface area contributed by atoms with Gasteiger partial charge in [-0.3, -0.25) is 10.8 Å². The van der Waals surface area contributed by atoms with E-state index in [1.54, 1.807) is 0 Å². The predicted molar refractivity (Wildman–Crippen MR) is 78.3 cm³/mol. The fourth-order valence-electron chi connectivity index (χ4n) is 2.25. The molecule has 2 aromatic rings. The summed E-state index contributed by atoms with van der Waals surface area (Å²) in [5, 5.41) is 0.983. The van der Waals surface area contributed by atoms with Crippen molar-refractivity contribution in [3.8, 4) is 0 Å². The topological polar surface area (TPSA) is 60.2 Å². The lowest BCUT2D eigenvalue weighted by Crippen LogP contribution is -2.18. The molecule has 1 aliphatic heterocycles. The summed E-state index contributed by atoms with van der Waals surface area (Å²) in [4.78, 5) is 4.73. The molecular formula is C12H11Br2N3O. The number of aromatic nitrogens is 1. The molecule has 0 amide bonds. The summed E-state index contributed by atoms with van der Waals surface area (Å²) in [5.41, 5.74) is 6.71. The van der Waals surface area contributed by atoms with Crippen LogP contribution in [0.25, 0.3) is 10.9 Å². The summed E-state index contributed by atoms with van der Waals surface area (Å²) >= 11 is 7.09. The smallest absolute Gasteiger partial charge is 0.0880 e. The van der Waals surface area contributed by atoms with E-state index in [9.17, 15) is 0 Å². The first-order valence-corrected chi connectivity index (χ1v) is 7.14. The molecule has 0 spiro atoms. The third-order valence-electron chi connectivity index (χ3n) is 3.10. The van der Waals surface area contributed by atoms with Crippen molar-refractivity contribution in [2.45, 2.75) is 13.0 Å². The van der Waals surface area contributed by atoms with E-state index in [-0.39, 0.29) is 0 Å². The second-order valence-electron chi connectivity index (χ2n) is 4.11. The standard InChI is InChI=1S/C12H11Br2N3O/c13-7-1-2-8(14)12-10(7)11(17-15)6-5-18-4-3-9(6)16-12/h1-2H,3-5,15H2,(H,16,17). The molecule has 94 valence electrons. The Morgan fingerprint density at radius 1 is 1.28 bits per heavy atom. The third-order valence-corrected chi connectivity index (χ3v) is 4.40. The molecule has 18 heavy (non-hydrogen) atoms. The maximum Gasteiger partial charge on any atom is 0.0880 e. The Morgan fingerprint density at radius 2 is 2.06 bits per heavy atom. The van der Waals surface area contributed by atoms with Crippen LogP contribution in [0.15, 0.2) is 21.1 Å². The van der Waals surface area contributed by atoms with Gasteiger partial charge in [-0.1, -0.05) is 15.9 Å². The maximum atomic E-state index is 5.69. The predicted octanol–water partition coefficient (Wildman–Crippen LogP) is 3.12. The van der Waals surface area contributed by atoms with Crippen LogP contribution in [0.3, 0.4) is 0 Å². The number of nitrogens with two attached hydrogens (primary N) is 1. The molecule has 0 saturated carbocycles. The van der Waals surface area contributed by atoms with Crippen molar-refractivity contribution in [2.24, 2.45) is 5.84 Å². The largest absolute Gasteiger partial charge is 0.376 e. The zero-order valence-corrected chi connectivity index (χ0v) is 12.6. The van der Waals surface area contributed by atoms with Crippen LogP contribution < -0.4 is 11.3 Å². The Hall–Kier alpha value is -0.690. The molecule has 3 N–H and O–H groups in total. The van der Waals surface area contributed by atoms with E-state index < -0.39 is 0 Å². The van der Waals surface area contributed by atoms with Crippen molar-refractivity contribution in [3.05, 3.63) is 32.3 Å². The first kappa shape index (κ1) is 12.3. The number of hydrazine groups is 1. The van der Waals surface area contributed by atoms with Crippen LogP contribution in [0.1, 0.15) is 11.3 Å². The number of halogens is 2. The summed E-state index contributed by atoms with van der Waals surface area (Å²) in [6.45, 7) is 1.26. The molecule has 1 aromatic heterocycles. The summed E-state index contributed by atoms with van der Waals surface area (Å²) in [6.07, 6.45) is 0.818. The molecule has 0 aliphatic carbocycles. The third kappa shape index (κ3) is 1.84. The second kappa shape index (κ2) is 4.77. The van der Waals surface area contributed by atoms with E-state index in [0.29, 0.717) is 13.2 Å². The number of pyridine rings is 1. The van der Waals surface area contributed by atoms with Gasteiger partial charge in [-0.25, -0.2) is 0 Å². The van der Waals surface area contributed by atoms with Crippen LogP contribution >= 0.6 is 31.9 Å². The van der Waals surface area contributed by atoms with Crippen molar-refractivity contribution in [2.75, 3.05) is 12.0 Å². The Morgan fingerprint density at radius 3 is 2.83 bits per heavy atom. The molecule has 0 atom stereocenters. The van der Waals surface area contributed by atoms with E-state index in [4.69, 9.17) is 15.6 Å². The quantitative estimate of drug-likeness (QED) is 0.596. The number of ether oxygens (including phenoxy) is 1. The zero-order chi connectivity index (χ0) is 12.7. The van der Waals surface area contributed by atoms with Gasteiger partial charge in [0.15, 0.2) is 0 Å². The highest BCUT2D eigenvalue weighted by molar-refractivity contribution is 9.11. The Balaban J connectivity index is 2.44. The zero-order valence-electron chi connectivity index (χ0n) is 9.46. The minimum Gasteiger partial charge on any atom is -0.376 e. The normalized spacial score (nSPS) is 14.6. The molecule has 6 heteroatoms. The first-order chi connectivity index (χ1) is 8.72. The number of nitrogens with one attached hydrogen (secondary N) is 1. The highest BCUT2D eigenvalue weighted by atomic mass is 79.9. The first-order valence-electron chi connectivity index (χ1n) is 5.56. The van der Waals surface area contributed by atoms with Gasteiger partial charge in [-0.15, -0.1) is 0 Å². The van der Waals surface area contributed by atoms with Crippen molar-refractivity contribution >= 4 is 48.5 Å². The molecule has 4 nitrogen and oxygen atoms in total. The lowest BCUT2D eigenvalue weighted by molar-refractivity contribution is 0.110. The van der Waals surface area contributed by atoms with E-state index in [1.807, 2.05) is 12.1 Å². The summed E-state index contributed by atoms with van der Waals surface area (Å²) in [7, 11) is 0. The van der Waals surface area contributed by atoms with Crippen LogP contribution in [0, 0.1) is 0 Å². The van der Waals surface area contributed by atoms with Crippen LogP contribution in [0.4, 0.5) is 5.69 Å². The average Bonchev–Trinajstić information content (AvgIpc) is 2.41.